The first kappa shape index (κ1) is 20.6. The second-order valence-electron chi connectivity index (χ2n) is 7.30. The lowest BCUT2D eigenvalue weighted by atomic mass is 10.1. The molecule has 0 aliphatic carbocycles. The van der Waals surface area contributed by atoms with Crippen LogP contribution in [0, 0.1) is 13.8 Å². The molecule has 6 nitrogen and oxygen atoms in total. The molecule has 0 aliphatic heterocycles. The van der Waals surface area contributed by atoms with Crippen molar-refractivity contribution in [1.82, 2.24) is 14.3 Å². The van der Waals surface area contributed by atoms with Crippen LogP contribution >= 0.6 is 0 Å². The first-order chi connectivity index (χ1) is 14.0. The minimum Gasteiger partial charge on any atom is -0.337 e. The molecule has 3 rings (SSSR count). The third kappa shape index (κ3) is 4.31. The molecular weight excluding hydrogens is 364 g/mol. The molecule has 0 fully saturated rings. The molecular formula is C23H28N4O2. The van der Waals surface area contributed by atoms with Crippen molar-refractivity contribution in [3.63, 3.8) is 0 Å². The summed E-state index contributed by atoms with van der Waals surface area (Å²) in [4.78, 5) is 32.5. The van der Waals surface area contributed by atoms with Crippen LogP contribution < -0.4 is 5.32 Å². The summed E-state index contributed by atoms with van der Waals surface area (Å²) >= 11 is 0. The van der Waals surface area contributed by atoms with Crippen LogP contribution in [-0.2, 0) is 0 Å². The predicted molar refractivity (Wildman–Crippen MR) is 116 cm³/mol. The second-order valence-corrected chi connectivity index (χ2v) is 7.30. The molecule has 0 spiro atoms. The molecule has 0 atom stereocenters. The maximum atomic E-state index is 13.2. The fourth-order valence-corrected chi connectivity index (χ4v) is 3.41. The SMILES string of the molecule is CCCN(CCC)C(=O)c1nc(C(=O)Nc2cc(C)ccc2C)n2ccccc12. The van der Waals surface area contributed by atoms with Crippen molar-refractivity contribution >= 4 is 23.0 Å². The Morgan fingerprint density at radius 3 is 2.48 bits per heavy atom. The number of rotatable bonds is 7. The van der Waals surface area contributed by atoms with Gasteiger partial charge in [-0.2, -0.15) is 0 Å². The number of aromatic nitrogens is 2. The Labute approximate surface area is 171 Å². The first-order valence-corrected chi connectivity index (χ1v) is 10.1. The van der Waals surface area contributed by atoms with Gasteiger partial charge in [0.1, 0.15) is 0 Å². The van der Waals surface area contributed by atoms with E-state index < -0.39 is 0 Å². The van der Waals surface area contributed by atoms with Crippen molar-refractivity contribution in [1.29, 1.82) is 0 Å². The maximum Gasteiger partial charge on any atom is 0.292 e. The number of hydrogen-bond donors (Lipinski definition) is 1. The van der Waals surface area contributed by atoms with Crippen molar-refractivity contribution < 1.29 is 9.59 Å². The number of nitrogens with zero attached hydrogens (tertiary/aromatic N) is 3. The molecule has 2 amide bonds. The maximum absolute atomic E-state index is 13.2. The van der Waals surface area contributed by atoms with Crippen LogP contribution in [-0.4, -0.2) is 39.2 Å². The Bertz CT molecular complexity index is 1030. The van der Waals surface area contributed by atoms with Gasteiger partial charge in [0.15, 0.2) is 5.69 Å². The molecule has 2 aromatic heterocycles. The van der Waals surface area contributed by atoms with E-state index >= 15 is 0 Å². The number of aryl methyl sites for hydroxylation is 2. The summed E-state index contributed by atoms with van der Waals surface area (Å²) in [6.07, 6.45) is 3.51. The second kappa shape index (κ2) is 8.90. The van der Waals surface area contributed by atoms with Crippen LogP contribution in [0.4, 0.5) is 5.69 Å². The van der Waals surface area contributed by atoms with Gasteiger partial charge in [-0.3, -0.25) is 14.0 Å². The Hall–Kier alpha value is -3.15. The summed E-state index contributed by atoms with van der Waals surface area (Å²) in [5.41, 5.74) is 3.73. The average molecular weight is 393 g/mol. The Kier molecular flexibility index (Phi) is 6.32. The van der Waals surface area contributed by atoms with Crippen LogP contribution in [0.5, 0.6) is 0 Å². The molecule has 3 aromatic rings. The van der Waals surface area contributed by atoms with Gasteiger partial charge in [-0.05, 0) is 56.0 Å². The van der Waals surface area contributed by atoms with Crippen molar-refractivity contribution in [3.05, 3.63) is 65.2 Å². The van der Waals surface area contributed by atoms with Gasteiger partial charge in [0, 0.05) is 25.0 Å². The molecule has 0 unspecified atom stereocenters. The van der Waals surface area contributed by atoms with Crippen molar-refractivity contribution in [2.75, 3.05) is 18.4 Å². The fourth-order valence-electron chi connectivity index (χ4n) is 3.41. The Morgan fingerprint density at radius 1 is 1.07 bits per heavy atom. The fraction of sp³-hybridized carbons (Fsp3) is 0.348. The molecule has 2 heterocycles. The van der Waals surface area contributed by atoms with E-state index in [1.807, 2.05) is 69.0 Å². The number of nitrogens with one attached hydrogen (secondary N) is 1. The number of anilines is 1. The lowest BCUT2D eigenvalue weighted by molar-refractivity contribution is 0.0752. The third-order valence-electron chi connectivity index (χ3n) is 4.87. The zero-order valence-electron chi connectivity index (χ0n) is 17.5. The van der Waals surface area contributed by atoms with Gasteiger partial charge in [-0.1, -0.05) is 32.0 Å². The summed E-state index contributed by atoms with van der Waals surface area (Å²) in [5.74, 6) is -0.266. The number of pyridine rings is 1. The van der Waals surface area contributed by atoms with Gasteiger partial charge >= 0.3 is 0 Å². The van der Waals surface area contributed by atoms with Crippen LogP contribution in [0.2, 0.25) is 0 Å². The van der Waals surface area contributed by atoms with E-state index in [0.29, 0.717) is 24.3 Å². The van der Waals surface area contributed by atoms with Gasteiger partial charge in [0.2, 0.25) is 5.82 Å². The molecule has 6 heteroatoms. The summed E-state index contributed by atoms with van der Waals surface area (Å²) in [6.45, 7) is 9.35. The molecule has 0 saturated carbocycles. The Balaban J connectivity index is 2.00. The van der Waals surface area contributed by atoms with Gasteiger partial charge < -0.3 is 10.2 Å². The van der Waals surface area contributed by atoms with E-state index in [0.717, 1.165) is 29.7 Å². The third-order valence-corrected chi connectivity index (χ3v) is 4.87. The number of amides is 2. The topological polar surface area (TPSA) is 66.7 Å². The summed E-state index contributed by atoms with van der Waals surface area (Å²) in [5, 5.41) is 2.94. The first-order valence-electron chi connectivity index (χ1n) is 10.1. The van der Waals surface area contributed by atoms with Gasteiger partial charge in [0.05, 0.1) is 5.52 Å². The lowest BCUT2D eigenvalue weighted by Crippen LogP contribution is -2.33. The number of benzene rings is 1. The highest BCUT2D eigenvalue weighted by Crippen LogP contribution is 2.20. The molecule has 0 radical (unpaired) electrons. The molecule has 0 saturated heterocycles. The molecule has 0 aliphatic rings. The van der Waals surface area contributed by atoms with Gasteiger partial charge in [-0.25, -0.2) is 4.98 Å². The van der Waals surface area contributed by atoms with Crippen molar-refractivity contribution in [3.8, 4) is 0 Å². The molecule has 152 valence electrons. The van der Waals surface area contributed by atoms with Crippen LogP contribution in [0.3, 0.4) is 0 Å². The number of imidazole rings is 1. The van der Waals surface area contributed by atoms with Crippen LogP contribution in [0.15, 0.2) is 42.6 Å². The Morgan fingerprint density at radius 2 is 1.79 bits per heavy atom. The highest BCUT2D eigenvalue weighted by atomic mass is 16.2. The highest BCUT2D eigenvalue weighted by Gasteiger charge is 2.24. The monoisotopic (exact) mass is 392 g/mol. The largest absolute Gasteiger partial charge is 0.337 e. The van der Waals surface area contributed by atoms with Crippen molar-refractivity contribution in [2.24, 2.45) is 0 Å². The molecule has 0 bridgehead atoms. The molecule has 29 heavy (non-hydrogen) atoms. The molecule has 1 aromatic carbocycles. The highest BCUT2D eigenvalue weighted by molar-refractivity contribution is 6.06. The number of fused-ring (bicyclic) bond motifs is 1. The van der Waals surface area contributed by atoms with Gasteiger partial charge in [0.25, 0.3) is 11.8 Å². The number of hydrogen-bond acceptors (Lipinski definition) is 3. The summed E-state index contributed by atoms with van der Waals surface area (Å²) in [6, 6.07) is 11.4. The average Bonchev–Trinajstić information content (AvgIpc) is 3.10. The zero-order valence-corrected chi connectivity index (χ0v) is 17.5. The smallest absolute Gasteiger partial charge is 0.292 e. The summed E-state index contributed by atoms with van der Waals surface area (Å²) in [7, 11) is 0. The minimum absolute atomic E-state index is 0.136. The number of carbonyl (C=O) groups excluding carboxylic acids is 2. The number of carbonyl (C=O) groups is 2. The van der Waals surface area contributed by atoms with Crippen LogP contribution in [0.25, 0.3) is 5.52 Å². The van der Waals surface area contributed by atoms with E-state index in [9.17, 15) is 9.59 Å². The summed E-state index contributed by atoms with van der Waals surface area (Å²) < 4.78 is 1.68. The van der Waals surface area contributed by atoms with Gasteiger partial charge in [-0.15, -0.1) is 0 Å². The standard InChI is InChI=1S/C23H28N4O2/c1-5-12-26(13-6-2)23(29)20-19-9-7-8-14-27(19)21(25-20)22(28)24-18-15-16(3)10-11-17(18)4/h7-11,14-15H,5-6,12-13H2,1-4H3,(H,24,28). The lowest BCUT2D eigenvalue weighted by Gasteiger charge is -2.20. The van der Waals surface area contributed by atoms with E-state index in [4.69, 9.17) is 0 Å². The van der Waals surface area contributed by atoms with E-state index in [-0.39, 0.29) is 17.6 Å². The van der Waals surface area contributed by atoms with E-state index in [2.05, 4.69) is 10.3 Å². The van der Waals surface area contributed by atoms with Crippen LogP contribution in [0.1, 0.15) is 58.9 Å². The zero-order chi connectivity index (χ0) is 21.0. The van der Waals surface area contributed by atoms with E-state index in [1.165, 1.54) is 0 Å². The van der Waals surface area contributed by atoms with E-state index in [1.54, 1.807) is 10.6 Å². The van der Waals surface area contributed by atoms with Crippen molar-refractivity contribution in [2.45, 2.75) is 40.5 Å². The quantitative estimate of drug-likeness (QED) is 0.645. The predicted octanol–water partition coefficient (Wildman–Crippen LogP) is 4.47. The minimum atomic E-state index is -0.337. The normalized spacial score (nSPS) is 10.9. The molecule has 1 N–H and O–H groups in total.